The smallest absolute Gasteiger partial charge is 0.264 e. The van der Waals surface area contributed by atoms with E-state index in [9.17, 15) is 4.79 Å². The second-order valence-corrected chi connectivity index (χ2v) is 10.7. The lowest BCUT2D eigenvalue weighted by molar-refractivity contribution is 0.0797. The van der Waals surface area contributed by atoms with Crippen molar-refractivity contribution in [2.45, 2.75) is 70.3 Å². The molecule has 2 aliphatic heterocycles. The number of thiophene rings is 1. The third kappa shape index (κ3) is 4.31. The fraction of sp³-hybridized carbons (Fsp3) is 0.577. The molecule has 1 saturated carbocycles. The standard InChI is InChI=1S/C26H33FN2OS/c1-18-16-24(31-25(18)26(30)29-12-4-5-13-29)20-8-9-22(23(27)17-20)19-10-14-28(15-11-19)21-6-2-3-7-21/h8-9,16-17,19,21H,2-7,10-15H2,1H3. The third-order valence-electron chi connectivity index (χ3n) is 7.60. The number of halogens is 1. The first-order valence-corrected chi connectivity index (χ1v) is 12.9. The zero-order valence-electron chi connectivity index (χ0n) is 18.5. The minimum absolute atomic E-state index is 0.0877. The van der Waals surface area contributed by atoms with Crippen molar-refractivity contribution in [2.24, 2.45) is 0 Å². The molecule has 3 heterocycles. The van der Waals surface area contributed by atoms with Crippen molar-refractivity contribution in [1.29, 1.82) is 0 Å². The predicted octanol–water partition coefficient (Wildman–Crippen LogP) is 6.22. The molecule has 31 heavy (non-hydrogen) atoms. The number of aryl methyl sites for hydroxylation is 1. The molecule has 166 valence electrons. The Morgan fingerprint density at radius 1 is 0.968 bits per heavy atom. The van der Waals surface area contributed by atoms with Crippen molar-refractivity contribution < 1.29 is 9.18 Å². The Kier molecular flexibility index (Phi) is 6.16. The zero-order chi connectivity index (χ0) is 21.4. The molecule has 2 aromatic rings. The van der Waals surface area contributed by atoms with Gasteiger partial charge in [-0.25, -0.2) is 4.39 Å². The second-order valence-electron chi connectivity index (χ2n) is 9.61. The number of benzene rings is 1. The first-order valence-electron chi connectivity index (χ1n) is 12.0. The highest BCUT2D eigenvalue weighted by Crippen LogP contribution is 2.37. The molecule has 1 aromatic heterocycles. The van der Waals surface area contributed by atoms with E-state index >= 15 is 4.39 Å². The molecular weight excluding hydrogens is 407 g/mol. The first kappa shape index (κ1) is 21.1. The number of likely N-dealkylation sites (tertiary alicyclic amines) is 2. The van der Waals surface area contributed by atoms with Crippen molar-refractivity contribution in [3.8, 4) is 10.4 Å². The van der Waals surface area contributed by atoms with Crippen LogP contribution in [-0.4, -0.2) is 47.9 Å². The third-order valence-corrected chi connectivity index (χ3v) is 8.87. The molecule has 1 aromatic carbocycles. The van der Waals surface area contributed by atoms with Crippen molar-refractivity contribution in [1.82, 2.24) is 9.80 Å². The lowest BCUT2D eigenvalue weighted by Crippen LogP contribution is -2.39. The van der Waals surface area contributed by atoms with Crippen LogP contribution in [0.3, 0.4) is 0 Å². The Bertz CT molecular complexity index is 935. The lowest BCUT2D eigenvalue weighted by Gasteiger charge is -2.36. The topological polar surface area (TPSA) is 23.6 Å². The van der Waals surface area contributed by atoms with Crippen LogP contribution in [0.4, 0.5) is 4.39 Å². The van der Waals surface area contributed by atoms with Gasteiger partial charge in [-0.15, -0.1) is 11.3 Å². The van der Waals surface area contributed by atoms with Crippen LogP contribution in [0.2, 0.25) is 0 Å². The Morgan fingerprint density at radius 2 is 1.68 bits per heavy atom. The highest BCUT2D eigenvalue weighted by Gasteiger charge is 2.29. The fourth-order valence-corrected chi connectivity index (χ4v) is 6.89. The summed E-state index contributed by atoms with van der Waals surface area (Å²) in [5.74, 6) is 0.372. The van der Waals surface area contributed by atoms with Crippen molar-refractivity contribution >= 4 is 17.2 Å². The summed E-state index contributed by atoms with van der Waals surface area (Å²) in [6, 6.07) is 8.55. The van der Waals surface area contributed by atoms with Crippen molar-refractivity contribution in [2.75, 3.05) is 26.2 Å². The first-order chi connectivity index (χ1) is 15.1. The molecular formula is C26H33FN2OS. The average Bonchev–Trinajstić information content (AvgIpc) is 3.55. The van der Waals surface area contributed by atoms with Gasteiger partial charge in [0.15, 0.2) is 0 Å². The number of rotatable bonds is 4. The van der Waals surface area contributed by atoms with E-state index in [-0.39, 0.29) is 11.7 Å². The Morgan fingerprint density at radius 3 is 2.35 bits per heavy atom. The summed E-state index contributed by atoms with van der Waals surface area (Å²) >= 11 is 1.51. The molecule has 0 radical (unpaired) electrons. The van der Waals surface area contributed by atoms with E-state index in [1.807, 2.05) is 24.0 Å². The van der Waals surface area contributed by atoms with E-state index in [4.69, 9.17) is 0 Å². The number of hydrogen-bond donors (Lipinski definition) is 0. The second kappa shape index (κ2) is 9.03. The molecule has 1 amide bonds. The Balaban J connectivity index is 1.29. The maximum atomic E-state index is 15.1. The monoisotopic (exact) mass is 440 g/mol. The van der Waals surface area contributed by atoms with Crippen molar-refractivity contribution in [3.05, 3.63) is 46.1 Å². The average molecular weight is 441 g/mol. The van der Waals surface area contributed by atoms with Gasteiger partial charge in [0, 0.05) is 24.0 Å². The van der Waals surface area contributed by atoms with E-state index in [0.29, 0.717) is 5.92 Å². The lowest BCUT2D eigenvalue weighted by atomic mass is 9.87. The van der Waals surface area contributed by atoms with Gasteiger partial charge >= 0.3 is 0 Å². The van der Waals surface area contributed by atoms with E-state index in [1.54, 1.807) is 6.07 Å². The molecule has 5 heteroatoms. The normalized spacial score (nSPS) is 21.3. The highest BCUT2D eigenvalue weighted by atomic mass is 32.1. The summed E-state index contributed by atoms with van der Waals surface area (Å²) in [5.41, 5.74) is 2.76. The van der Waals surface area contributed by atoms with Crippen LogP contribution in [0.1, 0.15) is 78.1 Å². The van der Waals surface area contributed by atoms with E-state index in [1.165, 1.54) is 37.0 Å². The summed E-state index contributed by atoms with van der Waals surface area (Å²) in [6.45, 7) is 5.90. The molecule has 0 atom stereocenters. The van der Waals surface area contributed by atoms with Crippen molar-refractivity contribution in [3.63, 3.8) is 0 Å². The number of nitrogens with zero attached hydrogens (tertiary/aromatic N) is 2. The molecule has 3 nitrogen and oxygen atoms in total. The number of amides is 1. The highest BCUT2D eigenvalue weighted by molar-refractivity contribution is 7.17. The van der Waals surface area contributed by atoms with Gasteiger partial charge in [0.1, 0.15) is 5.82 Å². The quantitative estimate of drug-likeness (QED) is 0.563. The van der Waals surface area contributed by atoms with E-state index < -0.39 is 0 Å². The van der Waals surface area contributed by atoms with Crippen LogP contribution in [0.5, 0.6) is 0 Å². The predicted molar refractivity (Wildman–Crippen MR) is 125 cm³/mol. The molecule has 1 aliphatic carbocycles. The van der Waals surface area contributed by atoms with Gasteiger partial charge in [0.25, 0.3) is 5.91 Å². The minimum atomic E-state index is -0.0877. The van der Waals surface area contributed by atoms with Gasteiger partial charge in [-0.2, -0.15) is 0 Å². The van der Waals surface area contributed by atoms with E-state index in [2.05, 4.69) is 11.0 Å². The Hall–Kier alpha value is -1.72. The molecule has 2 saturated heterocycles. The molecule has 3 fully saturated rings. The van der Waals surface area contributed by atoms with Gasteiger partial charge in [-0.1, -0.05) is 25.0 Å². The molecule has 3 aliphatic rings. The van der Waals surface area contributed by atoms with Crippen LogP contribution in [0, 0.1) is 12.7 Å². The van der Waals surface area contributed by atoms with Gasteiger partial charge in [0.05, 0.1) is 4.88 Å². The SMILES string of the molecule is Cc1cc(-c2ccc(C3CCN(C4CCCC4)CC3)c(F)c2)sc1C(=O)N1CCCC1. The van der Waals surface area contributed by atoms with Gasteiger partial charge in [0.2, 0.25) is 0 Å². The van der Waals surface area contributed by atoms with E-state index in [0.717, 1.165) is 84.3 Å². The maximum absolute atomic E-state index is 15.1. The van der Waals surface area contributed by atoms with Crippen LogP contribution < -0.4 is 0 Å². The summed E-state index contributed by atoms with van der Waals surface area (Å²) < 4.78 is 15.1. The number of hydrogen-bond acceptors (Lipinski definition) is 3. The van der Waals surface area contributed by atoms with Gasteiger partial charge in [-0.3, -0.25) is 4.79 Å². The largest absolute Gasteiger partial charge is 0.338 e. The number of carbonyl (C=O) groups excluding carboxylic acids is 1. The molecule has 5 rings (SSSR count). The summed E-state index contributed by atoms with van der Waals surface area (Å²) in [5, 5.41) is 0. The van der Waals surface area contributed by atoms with Crippen LogP contribution in [0.25, 0.3) is 10.4 Å². The Labute approximate surface area is 189 Å². The van der Waals surface area contributed by atoms with Crippen LogP contribution in [-0.2, 0) is 0 Å². The maximum Gasteiger partial charge on any atom is 0.264 e. The van der Waals surface area contributed by atoms with Gasteiger partial charge in [-0.05, 0) is 93.3 Å². The number of carbonyl (C=O) groups is 1. The number of piperidine rings is 1. The summed E-state index contributed by atoms with van der Waals surface area (Å²) in [4.78, 5) is 19.2. The van der Waals surface area contributed by atoms with Crippen LogP contribution in [0.15, 0.2) is 24.3 Å². The summed E-state index contributed by atoms with van der Waals surface area (Å²) in [6.07, 6.45) is 9.72. The zero-order valence-corrected chi connectivity index (χ0v) is 19.4. The minimum Gasteiger partial charge on any atom is -0.338 e. The molecule has 0 spiro atoms. The summed E-state index contributed by atoms with van der Waals surface area (Å²) in [7, 11) is 0. The molecule has 0 N–H and O–H groups in total. The molecule has 0 bridgehead atoms. The fourth-order valence-electron chi connectivity index (χ4n) is 5.76. The molecule has 0 unspecified atom stereocenters. The van der Waals surface area contributed by atoms with Crippen LogP contribution >= 0.6 is 11.3 Å². The van der Waals surface area contributed by atoms with Gasteiger partial charge < -0.3 is 9.80 Å².